The van der Waals surface area contributed by atoms with Crippen molar-refractivity contribution < 1.29 is 0 Å². The van der Waals surface area contributed by atoms with Gasteiger partial charge < -0.3 is 15.2 Å². The summed E-state index contributed by atoms with van der Waals surface area (Å²) in [5, 5.41) is 9.05. The van der Waals surface area contributed by atoms with E-state index in [4.69, 9.17) is 0 Å². The number of aryl methyl sites for hydroxylation is 3. The Labute approximate surface area is 239 Å². The molecule has 0 aliphatic heterocycles. The fourth-order valence-electron chi connectivity index (χ4n) is 6.53. The van der Waals surface area contributed by atoms with Crippen LogP contribution in [0, 0.1) is 6.92 Å². The number of benzene rings is 4. The maximum absolute atomic E-state index is 3.91. The molecule has 0 saturated carbocycles. The molecule has 2 N–H and O–H groups in total. The van der Waals surface area contributed by atoms with E-state index in [0.717, 1.165) is 18.5 Å². The molecule has 1 unspecified atom stereocenters. The highest BCUT2D eigenvalue weighted by atomic mass is 15.0. The van der Waals surface area contributed by atoms with Gasteiger partial charge >= 0.3 is 0 Å². The van der Waals surface area contributed by atoms with Crippen LogP contribution in [0.5, 0.6) is 0 Å². The van der Waals surface area contributed by atoms with E-state index in [2.05, 4.69) is 142 Å². The molecule has 5 aromatic rings. The Morgan fingerprint density at radius 1 is 0.775 bits per heavy atom. The first kappa shape index (κ1) is 26.3. The number of aromatic nitrogens is 1. The minimum absolute atomic E-state index is 0.300. The van der Waals surface area contributed by atoms with E-state index in [1.54, 1.807) is 0 Å². The molecular weight excluding hydrogens is 486 g/mol. The predicted molar refractivity (Wildman–Crippen MR) is 172 cm³/mol. The number of hydrogen-bond acceptors (Lipinski definition) is 2. The van der Waals surface area contributed by atoms with Crippen LogP contribution in [0.25, 0.3) is 22.2 Å². The molecule has 1 heterocycles. The third-order valence-electron chi connectivity index (χ3n) is 8.72. The Morgan fingerprint density at radius 2 is 1.45 bits per heavy atom. The lowest BCUT2D eigenvalue weighted by molar-refractivity contribution is 0.761. The molecule has 0 amide bonds. The van der Waals surface area contributed by atoms with Crippen LogP contribution in [0.15, 0.2) is 84.9 Å². The topological polar surface area (TPSA) is 29.0 Å². The maximum Gasteiger partial charge on any atom is 0.0526 e. The van der Waals surface area contributed by atoms with E-state index in [9.17, 15) is 0 Å². The first-order valence-electron chi connectivity index (χ1n) is 14.8. The van der Waals surface area contributed by atoms with E-state index in [-0.39, 0.29) is 0 Å². The Bertz CT molecular complexity index is 1660. The van der Waals surface area contributed by atoms with E-state index in [1.807, 2.05) is 0 Å². The summed E-state index contributed by atoms with van der Waals surface area (Å²) in [6.07, 6.45) is 2.22. The molecule has 1 aliphatic carbocycles. The van der Waals surface area contributed by atoms with Gasteiger partial charge in [0.1, 0.15) is 0 Å². The molecule has 1 aliphatic rings. The van der Waals surface area contributed by atoms with Crippen molar-refractivity contribution in [3.63, 3.8) is 0 Å². The summed E-state index contributed by atoms with van der Waals surface area (Å²) in [7, 11) is 2.21. The molecule has 0 spiro atoms. The van der Waals surface area contributed by atoms with Gasteiger partial charge in [-0.3, -0.25) is 0 Å². The molecule has 1 aromatic heterocycles. The van der Waals surface area contributed by atoms with Gasteiger partial charge in [0.25, 0.3) is 0 Å². The maximum atomic E-state index is 3.91. The summed E-state index contributed by atoms with van der Waals surface area (Å²) < 4.78 is 2.37. The van der Waals surface area contributed by atoms with Crippen LogP contribution < -0.4 is 10.6 Å². The van der Waals surface area contributed by atoms with E-state index >= 15 is 0 Å². The van der Waals surface area contributed by atoms with Crippen molar-refractivity contribution in [3.05, 3.63) is 113 Å². The van der Waals surface area contributed by atoms with Crippen LogP contribution in [-0.4, -0.2) is 4.57 Å². The van der Waals surface area contributed by atoms with Crippen LogP contribution in [0.4, 0.5) is 17.1 Å². The van der Waals surface area contributed by atoms with Crippen LogP contribution in [0.3, 0.4) is 0 Å². The summed E-state index contributed by atoms with van der Waals surface area (Å²) in [5.74, 6) is 0.882. The molecule has 0 saturated heterocycles. The summed E-state index contributed by atoms with van der Waals surface area (Å²) in [6, 6.07) is 31.6. The number of rotatable bonds is 7. The number of para-hydroxylation sites is 2. The Kier molecular flexibility index (Phi) is 6.92. The minimum Gasteiger partial charge on any atom is -0.378 e. The Balaban J connectivity index is 1.45. The molecule has 0 bridgehead atoms. The Morgan fingerprint density at radius 3 is 2.17 bits per heavy atom. The van der Waals surface area contributed by atoms with Gasteiger partial charge in [-0.2, -0.15) is 0 Å². The van der Waals surface area contributed by atoms with Gasteiger partial charge in [-0.25, -0.2) is 0 Å². The van der Waals surface area contributed by atoms with Gasteiger partial charge in [0.05, 0.1) is 11.6 Å². The average Bonchev–Trinajstić information content (AvgIpc) is 3.51. The lowest BCUT2D eigenvalue weighted by Crippen LogP contribution is -2.10. The molecular formula is C37H41N3. The van der Waals surface area contributed by atoms with Crippen molar-refractivity contribution in [2.24, 2.45) is 7.05 Å². The van der Waals surface area contributed by atoms with E-state index < -0.39 is 0 Å². The normalized spacial score (nSPS) is 14.8. The second-order valence-corrected chi connectivity index (χ2v) is 12.0. The molecule has 0 fully saturated rings. The number of nitrogens with one attached hydrogen (secondary N) is 2. The zero-order valence-electron chi connectivity index (χ0n) is 24.7. The lowest BCUT2D eigenvalue weighted by atomic mass is 9.92. The third kappa shape index (κ3) is 4.58. The van der Waals surface area contributed by atoms with E-state index in [1.165, 1.54) is 61.4 Å². The highest BCUT2D eigenvalue weighted by molar-refractivity contribution is 5.98. The largest absolute Gasteiger partial charge is 0.378 e. The van der Waals surface area contributed by atoms with Crippen LogP contribution in [0.2, 0.25) is 0 Å². The van der Waals surface area contributed by atoms with Gasteiger partial charge in [0.15, 0.2) is 0 Å². The molecule has 3 nitrogen and oxygen atoms in total. The smallest absolute Gasteiger partial charge is 0.0526 e. The Hall–Kier alpha value is -3.98. The zero-order chi connectivity index (χ0) is 28.0. The van der Waals surface area contributed by atoms with Crippen LogP contribution in [0.1, 0.15) is 79.8 Å². The highest BCUT2D eigenvalue weighted by Crippen LogP contribution is 2.43. The molecule has 40 heavy (non-hydrogen) atoms. The van der Waals surface area contributed by atoms with Crippen molar-refractivity contribution in [3.8, 4) is 11.3 Å². The number of anilines is 3. The number of nitrogens with zero attached hydrogens (tertiary/aromatic N) is 1. The minimum atomic E-state index is 0.300. The average molecular weight is 528 g/mol. The van der Waals surface area contributed by atoms with Crippen molar-refractivity contribution in [2.75, 3.05) is 10.6 Å². The first-order valence-corrected chi connectivity index (χ1v) is 14.8. The highest BCUT2D eigenvalue weighted by Gasteiger charge is 2.27. The van der Waals surface area contributed by atoms with Crippen molar-refractivity contribution in [2.45, 2.75) is 65.3 Å². The van der Waals surface area contributed by atoms with Crippen molar-refractivity contribution in [1.82, 2.24) is 4.57 Å². The summed E-state index contributed by atoms with van der Waals surface area (Å²) >= 11 is 0. The quantitative estimate of drug-likeness (QED) is 0.220. The summed E-state index contributed by atoms with van der Waals surface area (Å²) in [5.41, 5.74) is 14.4. The third-order valence-corrected chi connectivity index (χ3v) is 8.72. The second-order valence-electron chi connectivity index (χ2n) is 12.0. The van der Waals surface area contributed by atoms with E-state index in [0.29, 0.717) is 17.9 Å². The van der Waals surface area contributed by atoms with Crippen molar-refractivity contribution in [1.29, 1.82) is 0 Å². The first-order chi connectivity index (χ1) is 19.3. The number of fused-ring (bicyclic) bond motifs is 2. The predicted octanol–water partition coefficient (Wildman–Crippen LogP) is 10.2. The van der Waals surface area contributed by atoms with Crippen LogP contribution >= 0.6 is 0 Å². The molecule has 6 rings (SSSR count). The van der Waals surface area contributed by atoms with Crippen LogP contribution in [-0.2, 0) is 13.5 Å². The summed E-state index contributed by atoms with van der Waals surface area (Å²) in [6.45, 7) is 11.3. The fourth-order valence-corrected chi connectivity index (χ4v) is 6.53. The van der Waals surface area contributed by atoms with Gasteiger partial charge in [0, 0.05) is 40.8 Å². The monoisotopic (exact) mass is 527 g/mol. The number of hydrogen-bond donors (Lipinski definition) is 2. The SMILES string of the molecule is Cc1ccccc1NC1CCc2cccc(-c3cc4c(Nc5c(C(C)C)cccc5C(C)C)cccc4n3C)c21. The molecule has 204 valence electrons. The standard InChI is InChI=1S/C37H41N3/c1-23(2)27-14-10-15-28(24(3)4)37(27)39-32-18-11-19-34-30(32)22-35(40(34)6)29-16-9-13-26-20-21-33(36(26)29)38-31-17-8-7-12-25(31)5/h7-19,22-24,33,38-39H,20-21H2,1-6H3. The molecule has 1 atom stereocenters. The molecule has 4 aromatic carbocycles. The van der Waals surface area contributed by atoms with Gasteiger partial charge in [0.2, 0.25) is 0 Å². The van der Waals surface area contributed by atoms with Crippen molar-refractivity contribution >= 4 is 28.0 Å². The van der Waals surface area contributed by atoms with Gasteiger partial charge in [-0.1, -0.05) is 88.4 Å². The lowest BCUT2D eigenvalue weighted by Gasteiger charge is -2.21. The fraction of sp³-hybridized carbons (Fsp3) is 0.297. The van der Waals surface area contributed by atoms with Gasteiger partial charge in [-0.05, 0) is 83.7 Å². The molecule has 3 heteroatoms. The van der Waals surface area contributed by atoms with Gasteiger partial charge in [-0.15, -0.1) is 0 Å². The summed E-state index contributed by atoms with van der Waals surface area (Å²) in [4.78, 5) is 0. The zero-order valence-corrected chi connectivity index (χ0v) is 24.7. The second kappa shape index (κ2) is 10.5. The molecule has 0 radical (unpaired) electrons.